The van der Waals surface area contributed by atoms with Gasteiger partial charge in [0.25, 0.3) is 5.91 Å². The molecular weight excluding hydrogens is 318 g/mol. The molecule has 3 nitrogen and oxygen atoms in total. The molecule has 4 heteroatoms. The van der Waals surface area contributed by atoms with Gasteiger partial charge < -0.3 is 9.73 Å². The largest absolute Gasteiger partial charge is 0.451 e. The van der Waals surface area contributed by atoms with Crippen molar-refractivity contribution < 1.29 is 9.21 Å². The number of hydrogen-bond donors (Lipinski definition) is 1. The number of para-hydroxylation sites is 1. The summed E-state index contributed by atoms with van der Waals surface area (Å²) in [5, 5.41) is 3.76. The second kappa shape index (κ2) is 5.13. The van der Waals surface area contributed by atoms with Crippen LogP contribution in [-0.4, -0.2) is 5.91 Å². The Morgan fingerprint density at radius 3 is 2.70 bits per heavy atom. The lowest BCUT2D eigenvalue weighted by molar-refractivity contribution is 0.0998. The van der Waals surface area contributed by atoms with Gasteiger partial charge in [-0.1, -0.05) is 34.1 Å². The third kappa shape index (κ3) is 2.60. The van der Waals surface area contributed by atoms with E-state index in [1.54, 1.807) is 6.07 Å². The van der Waals surface area contributed by atoms with Crippen molar-refractivity contribution in [1.82, 2.24) is 0 Å². The van der Waals surface area contributed by atoms with E-state index in [0.29, 0.717) is 11.3 Å². The number of anilines is 1. The van der Waals surface area contributed by atoms with E-state index >= 15 is 0 Å². The molecule has 2 aromatic carbocycles. The van der Waals surface area contributed by atoms with Crippen molar-refractivity contribution in [3.05, 3.63) is 64.3 Å². The average Bonchev–Trinajstić information content (AvgIpc) is 2.81. The number of benzene rings is 2. The number of fused-ring (bicyclic) bond motifs is 1. The van der Waals surface area contributed by atoms with E-state index in [-0.39, 0.29) is 5.91 Å². The Morgan fingerprint density at radius 1 is 1.15 bits per heavy atom. The van der Waals surface area contributed by atoms with Crippen LogP contribution in [0.5, 0.6) is 0 Å². The van der Waals surface area contributed by atoms with Crippen LogP contribution >= 0.6 is 15.9 Å². The highest BCUT2D eigenvalue weighted by molar-refractivity contribution is 9.10. The van der Waals surface area contributed by atoms with Crippen LogP contribution in [0.3, 0.4) is 0 Å². The lowest BCUT2D eigenvalue weighted by Gasteiger charge is -2.05. The maximum atomic E-state index is 12.2. The molecule has 1 N–H and O–H groups in total. The molecule has 1 heterocycles. The van der Waals surface area contributed by atoms with Gasteiger partial charge in [0, 0.05) is 15.5 Å². The van der Waals surface area contributed by atoms with Crippen molar-refractivity contribution in [3.8, 4) is 0 Å². The van der Waals surface area contributed by atoms with Gasteiger partial charge in [-0.3, -0.25) is 4.79 Å². The van der Waals surface area contributed by atoms with Crippen LogP contribution in [0.25, 0.3) is 11.0 Å². The molecule has 100 valence electrons. The smallest absolute Gasteiger partial charge is 0.291 e. The number of nitrogens with one attached hydrogen (secondary N) is 1. The zero-order chi connectivity index (χ0) is 14.1. The second-order valence-corrected chi connectivity index (χ2v) is 5.54. The Labute approximate surface area is 124 Å². The first kappa shape index (κ1) is 12.9. The number of amides is 1. The number of carbonyl (C=O) groups excluding carboxylic acids is 1. The van der Waals surface area contributed by atoms with E-state index in [1.165, 1.54) is 0 Å². The SMILES string of the molecule is Cc1cc(Br)cc(NC(=O)c2cc3ccccc3o2)c1. The van der Waals surface area contributed by atoms with E-state index in [2.05, 4.69) is 21.2 Å². The van der Waals surface area contributed by atoms with Gasteiger partial charge in [-0.05, 0) is 42.8 Å². The quantitative estimate of drug-likeness (QED) is 0.736. The summed E-state index contributed by atoms with van der Waals surface area (Å²) in [4.78, 5) is 12.2. The first-order valence-corrected chi connectivity index (χ1v) is 6.98. The highest BCUT2D eigenvalue weighted by Gasteiger charge is 2.12. The Kier molecular flexibility index (Phi) is 3.32. The van der Waals surface area contributed by atoms with Crippen molar-refractivity contribution in [2.75, 3.05) is 5.32 Å². The maximum absolute atomic E-state index is 12.2. The number of furan rings is 1. The van der Waals surface area contributed by atoms with Gasteiger partial charge in [-0.15, -0.1) is 0 Å². The molecule has 0 bridgehead atoms. The number of carbonyl (C=O) groups is 1. The zero-order valence-electron chi connectivity index (χ0n) is 10.8. The minimum Gasteiger partial charge on any atom is -0.451 e. The molecule has 0 unspecified atom stereocenters. The molecule has 1 amide bonds. The molecule has 1 aromatic heterocycles. The van der Waals surface area contributed by atoms with Gasteiger partial charge in [0.05, 0.1) is 0 Å². The molecular formula is C16H12BrNO2. The van der Waals surface area contributed by atoms with E-state index in [9.17, 15) is 4.79 Å². The molecule has 0 saturated heterocycles. The van der Waals surface area contributed by atoms with Gasteiger partial charge in [0.2, 0.25) is 0 Å². The van der Waals surface area contributed by atoms with E-state index in [1.807, 2.05) is 49.4 Å². The minimum atomic E-state index is -0.251. The molecule has 3 rings (SSSR count). The second-order valence-electron chi connectivity index (χ2n) is 4.62. The standard InChI is InChI=1S/C16H12BrNO2/c1-10-6-12(17)9-13(7-10)18-16(19)15-8-11-4-2-3-5-14(11)20-15/h2-9H,1H3,(H,18,19). The molecule has 0 fully saturated rings. The Bertz CT molecular complexity index is 739. The lowest BCUT2D eigenvalue weighted by Crippen LogP contribution is -2.10. The normalized spacial score (nSPS) is 10.7. The molecule has 0 spiro atoms. The minimum absolute atomic E-state index is 0.251. The Morgan fingerprint density at radius 2 is 1.95 bits per heavy atom. The molecule has 0 aliphatic heterocycles. The highest BCUT2D eigenvalue weighted by atomic mass is 79.9. The summed E-state index contributed by atoms with van der Waals surface area (Å²) in [5.74, 6) is 0.0579. The van der Waals surface area contributed by atoms with Crippen LogP contribution in [0.2, 0.25) is 0 Å². The third-order valence-electron chi connectivity index (χ3n) is 2.95. The summed E-state index contributed by atoms with van der Waals surface area (Å²) in [7, 11) is 0. The fraction of sp³-hybridized carbons (Fsp3) is 0.0625. The van der Waals surface area contributed by atoms with E-state index in [4.69, 9.17) is 4.42 Å². The third-order valence-corrected chi connectivity index (χ3v) is 3.41. The van der Waals surface area contributed by atoms with Gasteiger partial charge in [0.1, 0.15) is 5.58 Å². The Balaban J connectivity index is 1.88. The van der Waals surface area contributed by atoms with E-state index < -0.39 is 0 Å². The monoisotopic (exact) mass is 329 g/mol. The van der Waals surface area contributed by atoms with Crippen molar-refractivity contribution in [3.63, 3.8) is 0 Å². The average molecular weight is 330 g/mol. The maximum Gasteiger partial charge on any atom is 0.291 e. The predicted molar refractivity (Wildman–Crippen MR) is 83.0 cm³/mol. The molecule has 0 aliphatic rings. The fourth-order valence-electron chi connectivity index (χ4n) is 2.09. The summed E-state index contributed by atoms with van der Waals surface area (Å²) in [6.45, 7) is 1.97. The van der Waals surface area contributed by atoms with Crippen molar-refractivity contribution >= 4 is 38.5 Å². The van der Waals surface area contributed by atoms with Crippen LogP contribution in [0.1, 0.15) is 16.1 Å². The van der Waals surface area contributed by atoms with Gasteiger partial charge in [-0.25, -0.2) is 0 Å². The summed E-state index contributed by atoms with van der Waals surface area (Å²) in [6, 6.07) is 15.0. The fourth-order valence-corrected chi connectivity index (χ4v) is 2.70. The van der Waals surface area contributed by atoms with Gasteiger partial charge in [-0.2, -0.15) is 0 Å². The molecule has 0 atom stereocenters. The van der Waals surface area contributed by atoms with Crippen LogP contribution in [0, 0.1) is 6.92 Å². The first-order chi connectivity index (χ1) is 9.61. The van der Waals surface area contributed by atoms with Gasteiger partial charge in [0.15, 0.2) is 5.76 Å². The van der Waals surface area contributed by atoms with E-state index in [0.717, 1.165) is 21.1 Å². The van der Waals surface area contributed by atoms with Crippen LogP contribution in [0.4, 0.5) is 5.69 Å². The van der Waals surface area contributed by atoms with Crippen molar-refractivity contribution in [1.29, 1.82) is 0 Å². The summed E-state index contributed by atoms with van der Waals surface area (Å²) >= 11 is 3.41. The Hall–Kier alpha value is -2.07. The van der Waals surface area contributed by atoms with Crippen molar-refractivity contribution in [2.45, 2.75) is 6.92 Å². The van der Waals surface area contributed by atoms with Crippen LogP contribution < -0.4 is 5.32 Å². The van der Waals surface area contributed by atoms with Gasteiger partial charge >= 0.3 is 0 Å². The van der Waals surface area contributed by atoms with Crippen molar-refractivity contribution in [2.24, 2.45) is 0 Å². The van der Waals surface area contributed by atoms with Crippen LogP contribution in [0.15, 0.2) is 57.4 Å². The molecule has 0 saturated carbocycles. The molecule has 0 radical (unpaired) electrons. The lowest BCUT2D eigenvalue weighted by atomic mass is 10.2. The van der Waals surface area contributed by atoms with Crippen LogP contribution in [-0.2, 0) is 0 Å². The number of halogens is 1. The summed E-state index contributed by atoms with van der Waals surface area (Å²) in [5.41, 5.74) is 2.52. The number of aryl methyl sites for hydroxylation is 1. The molecule has 20 heavy (non-hydrogen) atoms. The summed E-state index contributed by atoms with van der Waals surface area (Å²) in [6.07, 6.45) is 0. The topological polar surface area (TPSA) is 42.2 Å². The first-order valence-electron chi connectivity index (χ1n) is 6.19. The zero-order valence-corrected chi connectivity index (χ0v) is 12.4. The highest BCUT2D eigenvalue weighted by Crippen LogP contribution is 2.22. The number of rotatable bonds is 2. The molecule has 0 aliphatic carbocycles. The predicted octanol–water partition coefficient (Wildman–Crippen LogP) is 4.76. The summed E-state index contributed by atoms with van der Waals surface area (Å²) < 4.78 is 6.47. The number of hydrogen-bond acceptors (Lipinski definition) is 2. The molecule has 3 aromatic rings.